The summed E-state index contributed by atoms with van der Waals surface area (Å²) in [7, 11) is 0. The molecule has 1 aromatic carbocycles. The zero-order chi connectivity index (χ0) is 12.3. The Hall–Kier alpha value is -1.19. The van der Waals surface area contributed by atoms with Crippen LogP contribution in [-0.4, -0.2) is 23.1 Å². The molecule has 0 amide bonds. The van der Waals surface area contributed by atoms with Crippen molar-refractivity contribution in [2.75, 3.05) is 6.61 Å². The Balaban J connectivity index is 2.32. The predicted octanol–water partition coefficient (Wildman–Crippen LogP) is 2.25. The number of rotatable bonds is 4. The van der Waals surface area contributed by atoms with Crippen LogP contribution in [0.25, 0.3) is 0 Å². The molecule has 92 valence electrons. The lowest BCUT2D eigenvalue weighted by molar-refractivity contribution is -0.152. The number of hydrogen-bond acceptors (Lipinski definition) is 3. The van der Waals surface area contributed by atoms with Crippen molar-refractivity contribution in [3.05, 3.63) is 35.9 Å². The maximum absolute atomic E-state index is 11.9. The van der Waals surface area contributed by atoms with Crippen molar-refractivity contribution in [3.8, 4) is 0 Å². The molecule has 0 heterocycles. The number of ketones is 1. The van der Waals surface area contributed by atoms with Crippen LogP contribution in [0.1, 0.15) is 37.9 Å². The SMILES string of the molecule is CCOC(c1ccccc1)C1(O)CCCC1=O. The average molecular weight is 234 g/mol. The first-order valence-corrected chi connectivity index (χ1v) is 6.10. The van der Waals surface area contributed by atoms with E-state index in [1.54, 1.807) is 0 Å². The summed E-state index contributed by atoms with van der Waals surface area (Å²) >= 11 is 0. The van der Waals surface area contributed by atoms with Gasteiger partial charge in [0.1, 0.15) is 6.10 Å². The first-order chi connectivity index (χ1) is 8.18. The van der Waals surface area contributed by atoms with E-state index in [0.717, 1.165) is 12.0 Å². The summed E-state index contributed by atoms with van der Waals surface area (Å²) in [5.41, 5.74) is -0.468. The van der Waals surface area contributed by atoms with Crippen LogP contribution in [0, 0.1) is 0 Å². The molecule has 1 aliphatic carbocycles. The summed E-state index contributed by atoms with van der Waals surface area (Å²) in [6.07, 6.45) is 1.15. The number of Topliss-reactive ketones (excluding diaryl/α,β-unsaturated/α-hetero) is 1. The van der Waals surface area contributed by atoms with E-state index >= 15 is 0 Å². The van der Waals surface area contributed by atoms with Gasteiger partial charge in [0.15, 0.2) is 11.4 Å². The van der Waals surface area contributed by atoms with Crippen LogP contribution in [0.2, 0.25) is 0 Å². The fraction of sp³-hybridized carbons (Fsp3) is 0.500. The molecule has 2 atom stereocenters. The highest BCUT2D eigenvalue weighted by atomic mass is 16.5. The lowest BCUT2D eigenvalue weighted by Gasteiger charge is -2.31. The summed E-state index contributed by atoms with van der Waals surface area (Å²) in [4.78, 5) is 11.9. The second-order valence-electron chi connectivity index (χ2n) is 4.45. The van der Waals surface area contributed by atoms with E-state index in [1.807, 2.05) is 37.3 Å². The van der Waals surface area contributed by atoms with Gasteiger partial charge in [0.2, 0.25) is 0 Å². The molecule has 2 rings (SSSR count). The van der Waals surface area contributed by atoms with Crippen molar-refractivity contribution >= 4 is 5.78 Å². The van der Waals surface area contributed by atoms with Gasteiger partial charge in [-0.25, -0.2) is 0 Å². The molecule has 0 aromatic heterocycles. The smallest absolute Gasteiger partial charge is 0.167 e. The summed E-state index contributed by atoms with van der Waals surface area (Å²) in [5.74, 6) is -0.0974. The molecule has 0 spiro atoms. The highest BCUT2D eigenvalue weighted by Crippen LogP contribution is 2.39. The van der Waals surface area contributed by atoms with Gasteiger partial charge in [-0.3, -0.25) is 4.79 Å². The molecule has 3 heteroatoms. The normalized spacial score (nSPS) is 26.1. The van der Waals surface area contributed by atoms with Crippen molar-refractivity contribution in [1.29, 1.82) is 0 Å². The van der Waals surface area contributed by atoms with Crippen LogP contribution in [0.5, 0.6) is 0 Å². The predicted molar refractivity (Wildman–Crippen MR) is 64.6 cm³/mol. The van der Waals surface area contributed by atoms with Gasteiger partial charge in [0.25, 0.3) is 0 Å². The number of hydrogen-bond donors (Lipinski definition) is 1. The molecule has 1 N–H and O–H groups in total. The van der Waals surface area contributed by atoms with Crippen LogP contribution in [0.4, 0.5) is 0 Å². The van der Waals surface area contributed by atoms with E-state index in [9.17, 15) is 9.90 Å². The molecule has 1 fully saturated rings. The first-order valence-electron chi connectivity index (χ1n) is 6.10. The maximum atomic E-state index is 11.9. The third kappa shape index (κ3) is 2.26. The molecular weight excluding hydrogens is 216 g/mol. The molecule has 0 aliphatic heterocycles. The Morgan fingerprint density at radius 3 is 2.65 bits per heavy atom. The summed E-state index contributed by atoms with van der Waals surface area (Å²) in [6.45, 7) is 2.36. The molecule has 0 radical (unpaired) electrons. The van der Waals surface area contributed by atoms with Crippen LogP contribution < -0.4 is 0 Å². The molecule has 1 aliphatic rings. The molecule has 3 nitrogen and oxygen atoms in total. The number of aliphatic hydroxyl groups is 1. The van der Waals surface area contributed by atoms with Gasteiger partial charge in [-0.1, -0.05) is 30.3 Å². The van der Waals surface area contributed by atoms with E-state index < -0.39 is 11.7 Å². The number of carbonyl (C=O) groups excluding carboxylic acids is 1. The number of carbonyl (C=O) groups is 1. The molecule has 2 unspecified atom stereocenters. The minimum atomic E-state index is -1.34. The number of ether oxygens (including phenoxy) is 1. The highest BCUT2D eigenvalue weighted by Gasteiger charge is 2.47. The van der Waals surface area contributed by atoms with Crippen LogP contribution in [-0.2, 0) is 9.53 Å². The Labute approximate surface area is 101 Å². The zero-order valence-corrected chi connectivity index (χ0v) is 10.1. The average Bonchev–Trinajstić information content (AvgIpc) is 2.68. The second kappa shape index (κ2) is 4.98. The van der Waals surface area contributed by atoms with E-state index in [1.165, 1.54) is 0 Å². The Morgan fingerprint density at radius 1 is 1.41 bits per heavy atom. The van der Waals surface area contributed by atoms with Gasteiger partial charge in [0, 0.05) is 13.0 Å². The quantitative estimate of drug-likeness (QED) is 0.869. The third-order valence-corrected chi connectivity index (χ3v) is 3.31. The van der Waals surface area contributed by atoms with E-state index in [2.05, 4.69) is 0 Å². The summed E-state index contributed by atoms with van der Waals surface area (Å²) in [5, 5.41) is 10.5. The zero-order valence-electron chi connectivity index (χ0n) is 10.1. The topological polar surface area (TPSA) is 46.5 Å². The first kappa shape index (κ1) is 12.3. The van der Waals surface area contributed by atoms with Crippen molar-refractivity contribution in [2.24, 2.45) is 0 Å². The van der Waals surface area contributed by atoms with Crippen LogP contribution >= 0.6 is 0 Å². The van der Waals surface area contributed by atoms with Crippen molar-refractivity contribution in [3.63, 3.8) is 0 Å². The largest absolute Gasteiger partial charge is 0.379 e. The lowest BCUT2D eigenvalue weighted by atomic mass is 9.88. The minimum Gasteiger partial charge on any atom is -0.379 e. The minimum absolute atomic E-state index is 0.0974. The van der Waals surface area contributed by atoms with E-state index in [0.29, 0.717) is 19.4 Å². The molecule has 0 saturated heterocycles. The van der Waals surface area contributed by atoms with E-state index in [4.69, 9.17) is 4.74 Å². The molecule has 1 aromatic rings. The fourth-order valence-corrected chi connectivity index (χ4v) is 2.46. The van der Waals surface area contributed by atoms with Gasteiger partial charge in [0.05, 0.1) is 0 Å². The maximum Gasteiger partial charge on any atom is 0.167 e. The Kier molecular flexibility index (Phi) is 3.60. The Morgan fingerprint density at radius 2 is 2.12 bits per heavy atom. The summed E-state index contributed by atoms with van der Waals surface area (Å²) in [6, 6.07) is 9.48. The van der Waals surface area contributed by atoms with Gasteiger partial charge in [-0.05, 0) is 25.3 Å². The van der Waals surface area contributed by atoms with E-state index in [-0.39, 0.29) is 5.78 Å². The monoisotopic (exact) mass is 234 g/mol. The van der Waals surface area contributed by atoms with Crippen molar-refractivity contribution < 1.29 is 14.6 Å². The van der Waals surface area contributed by atoms with Gasteiger partial charge in [-0.2, -0.15) is 0 Å². The molecule has 0 bridgehead atoms. The van der Waals surface area contributed by atoms with Crippen molar-refractivity contribution in [2.45, 2.75) is 37.9 Å². The van der Waals surface area contributed by atoms with Gasteiger partial charge < -0.3 is 9.84 Å². The molecule has 1 saturated carbocycles. The highest BCUT2D eigenvalue weighted by molar-refractivity contribution is 5.90. The van der Waals surface area contributed by atoms with Crippen molar-refractivity contribution in [1.82, 2.24) is 0 Å². The second-order valence-corrected chi connectivity index (χ2v) is 4.45. The number of benzene rings is 1. The third-order valence-electron chi connectivity index (χ3n) is 3.31. The van der Waals surface area contributed by atoms with Gasteiger partial charge >= 0.3 is 0 Å². The van der Waals surface area contributed by atoms with Crippen LogP contribution in [0.15, 0.2) is 30.3 Å². The summed E-state index contributed by atoms with van der Waals surface area (Å²) < 4.78 is 5.61. The standard InChI is InChI=1S/C14H18O3/c1-2-17-13(11-7-4-3-5-8-11)14(16)10-6-9-12(14)15/h3-5,7-8,13,16H,2,6,9-10H2,1H3. The Bertz CT molecular complexity index is 388. The molecular formula is C14H18O3. The van der Waals surface area contributed by atoms with Gasteiger partial charge in [-0.15, -0.1) is 0 Å². The molecule has 17 heavy (non-hydrogen) atoms. The van der Waals surface area contributed by atoms with Crippen LogP contribution in [0.3, 0.4) is 0 Å². The lowest BCUT2D eigenvalue weighted by Crippen LogP contribution is -2.41. The fourth-order valence-electron chi connectivity index (χ4n) is 2.46.